The number of amides is 1. The Bertz CT molecular complexity index is 1110. The summed E-state index contributed by atoms with van der Waals surface area (Å²) in [7, 11) is 0. The highest BCUT2D eigenvalue weighted by Crippen LogP contribution is 2.23. The summed E-state index contributed by atoms with van der Waals surface area (Å²) in [6, 6.07) is 12.2. The van der Waals surface area contributed by atoms with E-state index in [0.717, 1.165) is 11.1 Å². The molecule has 9 heteroatoms. The second-order valence-corrected chi connectivity index (χ2v) is 8.04. The van der Waals surface area contributed by atoms with Crippen LogP contribution in [0.3, 0.4) is 0 Å². The normalized spacial score (nSPS) is 10.9. The van der Waals surface area contributed by atoms with Crippen LogP contribution >= 0.6 is 0 Å². The monoisotopic (exact) mass is 438 g/mol. The van der Waals surface area contributed by atoms with Crippen LogP contribution in [0.2, 0.25) is 0 Å². The molecule has 0 spiro atoms. The minimum absolute atomic E-state index is 0.00548. The molecule has 1 heterocycles. The van der Waals surface area contributed by atoms with Crippen molar-refractivity contribution in [1.82, 2.24) is 15.0 Å². The summed E-state index contributed by atoms with van der Waals surface area (Å²) in [5, 5.41) is 15.0. The van der Waals surface area contributed by atoms with E-state index in [9.17, 15) is 14.9 Å². The fraction of sp³-hybridized carbons (Fsp3) is 0.348. The summed E-state index contributed by atoms with van der Waals surface area (Å²) in [5.41, 5.74) is 2.40. The molecule has 1 aromatic heterocycles. The van der Waals surface area contributed by atoms with Gasteiger partial charge in [0.05, 0.1) is 4.92 Å². The summed E-state index contributed by atoms with van der Waals surface area (Å²) in [6.45, 7) is 8.07. The van der Waals surface area contributed by atoms with Crippen LogP contribution < -0.4 is 4.74 Å². The number of hydrogen-bond acceptors (Lipinski definition) is 7. The molecule has 0 aliphatic carbocycles. The molecular weight excluding hydrogens is 412 g/mol. The van der Waals surface area contributed by atoms with Gasteiger partial charge in [0.25, 0.3) is 11.6 Å². The number of nitro groups is 1. The highest BCUT2D eigenvalue weighted by atomic mass is 16.6. The van der Waals surface area contributed by atoms with Crippen LogP contribution in [-0.2, 0) is 11.3 Å². The first-order valence-electron chi connectivity index (χ1n) is 10.3. The Morgan fingerprint density at radius 1 is 1.22 bits per heavy atom. The number of rotatable bonds is 9. The van der Waals surface area contributed by atoms with E-state index >= 15 is 0 Å². The lowest BCUT2D eigenvalue weighted by Gasteiger charge is -2.23. The van der Waals surface area contributed by atoms with Crippen molar-refractivity contribution in [2.45, 2.75) is 34.2 Å². The molecule has 0 fully saturated rings. The van der Waals surface area contributed by atoms with E-state index < -0.39 is 4.92 Å². The van der Waals surface area contributed by atoms with E-state index in [0.29, 0.717) is 29.6 Å². The number of carbonyl (C=O) groups is 1. The second kappa shape index (κ2) is 10.0. The maximum atomic E-state index is 12.8. The highest BCUT2D eigenvalue weighted by Gasteiger charge is 2.20. The molecule has 0 unspecified atom stereocenters. The maximum Gasteiger partial charge on any atom is 0.272 e. The number of benzene rings is 2. The zero-order valence-electron chi connectivity index (χ0n) is 18.6. The summed E-state index contributed by atoms with van der Waals surface area (Å²) < 4.78 is 11.0. The van der Waals surface area contributed by atoms with Gasteiger partial charge in [-0.25, -0.2) is 0 Å². The molecule has 9 nitrogen and oxygen atoms in total. The zero-order valence-corrected chi connectivity index (χ0v) is 18.6. The molecule has 32 heavy (non-hydrogen) atoms. The molecule has 0 N–H and O–H groups in total. The molecule has 0 saturated heterocycles. The van der Waals surface area contributed by atoms with Gasteiger partial charge in [0, 0.05) is 23.7 Å². The average molecular weight is 438 g/mol. The molecule has 0 saturated carbocycles. The Labute approximate surface area is 186 Å². The first-order chi connectivity index (χ1) is 15.2. The van der Waals surface area contributed by atoms with Crippen molar-refractivity contribution in [1.29, 1.82) is 0 Å². The molecule has 0 bridgehead atoms. The van der Waals surface area contributed by atoms with E-state index in [4.69, 9.17) is 9.26 Å². The lowest BCUT2D eigenvalue weighted by atomic mass is 10.1. The Morgan fingerprint density at radius 2 is 2.00 bits per heavy atom. The van der Waals surface area contributed by atoms with E-state index in [1.807, 2.05) is 45.0 Å². The van der Waals surface area contributed by atoms with Gasteiger partial charge in [-0.1, -0.05) is 42.8 Å². The third kappa shape index (κ3) is 5.90. The van der Waals surface area contributed by atoms with Crippen LogP contribution in [0.25, 0.3) is 11.4 Å². The smallest absolute Gasteiger partial charge is 0.272 e. The molecule has 2 aromatic carbocycles. The van der Waals surface area contributed by atoms with Crippen LogP contribution in [0, 0.1) is 29.9 Å². The van der Waals surface area contributed by atoms with Crippen molar-refractivity contribution in [3.05, 3.63) is 69.6 Å². The number of hydrogen-bond donors (Lipinski definition) is 0. The average Bonchev–Trinajstić information content (AvgIpc) is 3.19. The molecule has 3 aromatic rings. The predicted molar refractivity (Wildman–Crippen MR) is 118 cm³/mol. The number of ether oxygens (including phenoxy) is 1. The molecule has 0 atom stereocenters. The van der Waals surface area contributed by atoms with Gasteiger partial charge in [-0.3, -0.25) is 14.9 Å². The first kappa shape index (κ1) is 22.9. The molecule has 1 amide bonds. The highest BCUT2D eigenvalue weighted by molar-refractivity contribution is 5.77. The fourth-order valence-corrected chi connectivity index (χ4v) is 3.24. The topological polar surface area (TPSA) is 112 Å². The van der Waals surface area contributed by atoms with Gasteiger partial charge in [-0.2, -0.15) is 4.98 Å². The lowest BCUT2D eigenvalue weighted by molar-refractivity contribution is -0.385. The minimum atomic E-state index is -0.454. The first-order valence-corrected chi connectivity index (χ1v) is 10.3. The van der Waals surface area contributed by atoms with Gasteiger partial charge in [-0.05, 0) is 38.0 Å². The molecule has 0 aliphatic heterocycles. The third-order valence-electron chi connectivity index (χ3n) is 4.74. The number of nitrogens with zero attached hydrogens (tertiary/aromatic N) is 4. The second-order valence-electron chi connectivity index (χ2n) is 8.04. The van der Waals surface area contributed by atoms with Gasteiger partial charge in [0.2, 0.25) is 11.7 Å². The van der Waals surface area contributed by atoms with Gasteiger partial charge in [0.1, 0.15) is 12.3 Å². The minimum Gasteiger partial charge on any atom is -0.484 e. The van der Waals surface area contributed by atoms with Crippen LogP contribution in [0.4, 0.5) is 5.69 Å². The summed E-state index contributed by atoms with van der Waals surface area (Å²) >= 11 is 0. The number of nitro benzene ring substituents is 1. The predicted octanol–water partition coefficient (Wildman–Crippen LogP) is 4.33. The van der Waals surface area contributed by atoms with Crippen molar-refractivity contribution >= 4 is 11.6 Å². The molecule has 0 aliphatic rings. The number of aryl methyl sites for hydroxylation is 2. The molecule has 0 radical (unpaired) electrons. The Balaban J connectivity index is 1.68. The Morgan fingerprint density at radius 3 is 2.66 bits per heavy atom. The largest absolute Gasteiger partial charge is 0.484 e. The van der Waals surface area contributed by atoms with E-state index in [1.165, 1.54) is 12.1 Å². The summed E-state index contributed by atoms with van der Waals surface area (Å²) in [5.74, 6) is 1.18. The van der Waals surface area contributed by atoms with Crippen molar-refractivity contribution in [3.63, 3.8) is 0 Å². The molecule has 3 rings (SSSR count). The Kier molecular flexibility index (Phi) is 7.19. The van der Waals surface area contributed by atoms with Crippen molar-refractivity contribution in [2.75, 3.05) is 13.2 Å². The summed E-state index contributed by atoms with van der Waals surface area (Å²) in [4.78, 5) is 29.4. The van der Waals surface area contributed by atoms with Gasteiger partial charge in [0.15, 0.2) is 6.61 Å². The van der Waals surface area contributed by atoms with Crippen LogP contribution in [-0.4, -0.2) is 39.0 Å². The van der Waals surface area contributed by atoms with Gasteiger partial charge in [-0.15, -0.1) is 0 Å². The molecule has 168 valence electrons. The summed E-state index contributed by atoms with van der Waals surface area (Å²) in [6.07, 6.45) is 0. The number of carbonyl (C=O) groups excluding carboxylic acids is 1. The third-order valence-corrected chi connectivity index (χ3v) is 4.74. The van der Waals surface area contributed by atoms with E-state index in [-0.39, 0.29) is 30.7 Å². The Hall–Kier alpha value is -3.75. The van der Waals surface area contributed by atoms with Crippen molar-refractivity contribution in [2.24, 2.45) is 5.92 Å². The number of aromatic nitrogens is 2. The van der Waals surface area contributed by atoms with Crippen molar-refractivity contribution < 1.29 is 19.0 Å². The van der Waals surface area contributed by atoms with Gasteiger partial charge < -0.3 is 14.2 Å². The van der Waals surface area contributed by atoms with Crippen molar-refractivity contribution in [3.8, 4) is 17.1 Å². The SMILES string of the molecule is Cc1cccc(-c2noc(CN(CC(C)C)C(=O)COc3ccc([N+](=O)[O-])c(C)c3)n2)c1. The molecular formula is C23H26N4O5. The standard InChI is InChI=1S/C23H26N4O5/c1-15(2)12-26(13-21-24-23(25-32-21)18-7-5-6-16(3)10-18)22(28)14-31-19-8-9-20(27(29)30)17(4)11-19/h5-11,15H,12-14H2,1-4H3. The maximum absolute atomic E-state index is 12.8. The lowest BCUT2D eigenvalue weighted by Crippen LogP contribution is -2.37. The van der Waals surface area contributed by atoms with E-state index in [1.54, 1.807) is 17.9 Å². The zero-order chi connectivity index (χ0) is 23.3. The van der Waals surface area contributed by atoms with Crippen LogP contribution in [0.5, 0.6) is 5.75 Å². The van der Waals surface area contributed by atoms with E-state index in [2.05, 4.69) is 10.1 Å². The fourth-order valence-electron chi connectivity index (χ4n) is 3.24. The quantitative estimate of drug-likeness (QED) is 0.361. The van der Waals surface area contributed by atoms with Crippen LogP contribution in [0.15, 0.2) is 47.0 Å². The van der Waals surface area contributed by atoms with Crippen LogP contribution in [0.1, 0.15) is 30.9 Å². The van der Waals surface area contributed by atoms with Gasteiger partial charge >= 0.3 is 0 Å².